The molecule has 2 heterocycles. The number of para-hydroxylation sites is 1. The number of amides is 2. The van der Waals surface area contributed by atoms with Crippen LogP contribution in [0.15, 0.2) is 33.9 Å². The smallest absolute Gasteiger partial charge is 0.277 e. The Bertz CT molecular complexity index is 859. The van der Waals surface area contributed by atoms with Gasteiger partial charge in [0.1, 0.15) is 0 Å². The van der Waals surface area contributed by atoms with E-state index < -0.39 is 5.91 Å². The minimum Gasteiger partial charge on any atom is -0.416 e. The van der Waals surface area contributed by atoms with Crippen molar-refractivity contribution in [3.8, 4) is 0 Å². The lowest BCUT2D eigenvalue weighted by molar-refractivity contribution is -0.123. The van der Waals surface area contributed by atoms with Crippen LogP contribution in [-0.2, 0) is 22.4 Å². The van der Waals surface area contributed by atoms with Crippen LogP contribution >= 0.6 is 23.1 Å². The Morgan fingerprint density at radius 3 is 2.88 bits per heavy atom. The highest BCUT2D eigenvalue weighted by atomic mass is 32.2. The number of thiazole rings is 1. The fraction of sp³-hybridized carbons (Fsp3) is 0.267. The molecule has 8 nitrogen and oxygen atoms in total. The molecule has 0 unspecified atom stereocenters. The van der Waals surface area contributed by atoms with Gasteiger partial charge in [-0.1, -0.05) is 23.9 Å². The molecule has 25 heavy (non-hydrogen) atoms. The SMILES string of the molecule is NC(=O)CNC(=O)CSc1nnc(CCc2nc3ccccc3s2)o1. The molecule has 3 rings (SSSR count). The zero-order valence-electron chi connectivity index (χ0n) is 13.1. The number of nitrogens with zero attached hydrogens (tertiary/aromatic N) is 3. The van der Waals surface area contributed by atoms with Gasteiger partial charge in [0.05, 0.1) is 27.5 Å². The monoisotopic (exact) mass is 377 g/mol. The number of primary amides is 1. The van der Waals surface area contributed by atoms with E-state index in [0.717, 1.165) is 27.0 Å². The van der Waals surface area contributed by atoms with Crippen molar-refractivity contribution in [3.63, 3.8) is 0 Å². The van der Waals surface area contributed by atoms with Gasteiger partial charge in [-0.15, -0.1) is 21.5 Å². The second kappa shape index (κ2) is 8.08. The lowest BCUT2D eigenvalue weighted by Crippen LogP contribution is -2.34. The largest absolute Gasteiger partial charge is 0.416 e. The molecule has 10 heteroatoms. The van der Waals surface area contributed by atoms with E-state index in [4.69, 9.17) is 10.2 Å². The molecule has 0 saturated heterocycles. The van der Waals surface area contributed by atoms with Gasteiger partial charge in [-0.2, -0.15) is 0 Å². The van der Waals surface area contributed by atoms with E-state index in [-0.39, 0.29) is 18.2 Å². The molecule has 0 aliphatic heterocycles. The van der Waals surface area contributed by atoms with Gasteiger partial charge in [-0.25, -0.2) is 4.98 Å². The van der Waals surface area contributed by atoms with E-state index in [9.17, 15) is 9.59 Å². The number of nitrogens with one attached hydrogen (secondary N) is 1. The molecule has 0 aliphatic rings. The molecule has 1 aromatic carbocycles. The third-order valence-electron chi connectivity index (χ3n) is 3.13. The summed E-state index contributed by atoms with van der Waals surface area (Å²) in [5.74, 6) is -0.335. The summed E-state index contributed by atoms with van der Waals surface area (Å²) in [5, 5.41) is 11.6. The van der Waals surface area contributed by atoms with E-state index >= 15 is 0 Å². The van der Waals surface area contributed by atoms with Gasteiger partial charge in [0.2, 0.25) is 17.7 Å². The molecule has 2 amide bonds. The summed E-state index contributed by atoms with van der Waals surface area (Å²) < 4.78 is 6.66. The van der Waals surface area contributed by atoms with Crippen LogP contribution in [0.4, 0.5) is 0 Å². The van der Waals surface area contributed by atoms with Crippen molar-refractivity contribution >= 4 is 45.1 Å². The molecule has 0 spiro atoms. The minimum absolute atomic E-state index is 0.0762. The first-order chi connectivity index (χ1) is 12.1. The second-order valence-corrected chi connectivity index (χ2v) is 7.11. The molecule has 0 radical (unpaired) electrons. The maximum atomic E-state index is 11.5. The lowest BCUT2D eigenvalue weighted by atomic mass is 10.3. The number of nitrogens with two attached hydrogens (primary N) is 1. The molecule has 0 aliphatic carbocycles. The van der Waals surface area contributed by atoms with Gasteiger partial charge in [-0.05, 0) is 12.1 Å². The normalized spacial score (nSPS) is 10.9. The molecule has 0 fully saturated rings. The Balaban J connectivity index is 1.48. The summed E-state index contributed by atoms with van der Waals surface area (Å²) >= 11 is 2.76. The summed E-state index contributed by atoms with van der Waals surface area (Å²) in [6, 6.07) is 7.99. The lowest BCUT2D eigenvalue weighted by Gasteiger charge is -1.99. The van der Waals surface area contributed by atoms with Crippen molar-refractivity contribution in [1.82, 2.24) is 20.5 Å². The van der Waals surface area contributed by atoms with Crippen LogP contribution in [0.1, 0.15) is 10.9 Å². The van der Waals surface area contributed by atoms with E-state index in [0.29, 0.717) is 24.0 Å². The van der Waals surface area contributed by atoms with E-state index in [2.05, 4.69) is 20.5 Å². The number of aromatic nitrogens is 3. The third kappa shape index (κ3) is 5.00. The zero-order valence-corrected chi connectivity index (χ0v) is 14.7. The first-order valence-electron chi connectivity index (χ1n) is 7.45. The van der Waals surface area contributed by atoms with Gasteiger partial charge in [0.25, 0.3) is 5.22 Å². The van der Waals surface area contributed by atoms with Crippen molar-refractivity contribution < 1.29 is 14.0 Å². The van der Waals surface area contributed by atoms with Gasteiger partial charge in [-0.3, -0.25) is 9.59 Å². The molecule has 3 aromatic rings. The molecule has 0 atom stereocenters. The van der Waals surface area contributed by atoms with Crippen molar-refractivity contribution in [2.75, 3.05) is 12.3 Å². The van der Waals surface area contributed by atoms with Crippen LogP contribution < -0.4 is 11.1 Å². The average molecular weight is 377 g/mol. The summed E-state index contributed by atoms with van der Waals surface area (Å²) in [4.78, 5) is 26.6. The summed E-state index contributed by atoms with van der Waals surface area (Å²) in [5.41, 5.74) is 5.94. The molecule has 2 aromatic heterocycles. The van der Waals surface area contributed by atoms with Crippen LogP contribution in [0.25, 0.3) is 10.2 Å². The summed E-state index contributed by atoms with van der Waals surface area (Å²) in [6.07, 6.45) is 1.30. The second-order valence-electron chi connectivity index (χ2n) is 5.07. The predicted octanol–water partition coefficient (Wildman–Crippen LogP) is 1.16. The number of carbonyl (C=O) groups is 2. The van der Waals surface area contributed by atoms with Gasteiger partial charge < -0.3 is 15.5 Å². The van der Waals surface area contributed by atoms with E-state index in [1.165, 1.54) is 0 Å². The fourth-order valence-electron chi connectivity index (χ4n) is 2.00. The van der Waals surface area contributed by atoms with Crippen LogP contribution in [0.2, 0.25) is 0 Å². The Hall–Kier alpha value is -2.46. The maximum absolute atomic E-state index is 11.5. The number of thioether (sulfide) groups is 1. The zero-order chi connectivity index (χ0) is 17.6. The van der Waals surface area contributed by atoms with Gasteiger partial charge in [0, 0.05) is 12.8 Å². The Morgan fingerprint density at radius 2 is 2.08 bits per heavy atom. The van der Waals surface area contributed by atoms with Crippen molar-refractivity contribution in [1.29, 1.82) is 0 Å². The molecular formula is C15H15N5O3S2. The molecule has 0 bridgehead atoms. The van der Waals surface area contributed by atoms with E-state index in [1.807, 2.05) is 24.3 Å². The summed E-state index contributed by atoms with van der Waals surface area (Å²) in [7, 11) is 0. The first kappa shape index (κ1) is 17.4. The highest BCUT2D eigenvalue weighted by Crippen LogP contribution is 2.23. The number of carbonyl (C=O) groups excluding carboxylic acids is 2. The van der Waals surface area contributed by atoms with Gasteiger partial charge >= 0.3 is 0 Å². The summed E-state index contributed by atoms with van der Waals surface area (Å²) in [6.45, 7) is -0.184. The average Bonchev–Trinajstić information content (AvgIpc) is 3.22. The fourth-order valence-corrected chi connectivity index (χ4v) is 3.58. The number of hydrogen-bond acceptors (Lipinski definition) is 8. The Labute approximate surface area is 151 Å². The maximum Gasteiger partial charge on any atom is 0.277 e. The molecule has 0 saturated carbocycles. The number of aryl methyl sites for hydroxylation is 2. The quantitative estimate of drug-likeness (QED) is 0.564. The van der Waals surface area contributed by atoms with Crippen molar-refractivity contribution in [2.45, 2.75) is 18.1 Å². The highest BCUT2D eigenvalue weighted by Gasteiger charge is 2.11. The van der Waals surface area contributed by atoms with Crippen LogP contribution in [0, 0.1) is 0 Å². The number of rotatable bonds is 8. The van der Waals surface area contributed by atoms with Crippen molar-refractivity contribution in [3.05, 3.63) is 35.2 Å². The first-order valence-corrected chi connectivity index (χ1v) is 9.25. The number of benzene rings is 1. The minimum atomic E-state index is -0.590. The molecular weight excluding hydrogens is 362 g/mol. The highest BCUT2D eigenvalue weighted by molar-refractivity contribution is 7.99. The standard InChI is InChI=1S/C15H15N5O3S2/c16-11(21)7-17-12(22)8-24-15-20-19-13(23-15)5-6-14-18-9-3-1-2-4-10(9)25-14/h1-4H,5-8H2,(H2,16,21)(H,17,22). The van der Waals surface area contributed by atoms with E-state index in [1.54, 1.807) is 11.3 Å². The van der Waals surface area contributed by atoms with Crippen LogP contribution in [-0.4, -0.2) is 39.3 Å². The van der Waals surface area contributed by atoms with Gasteiger partial charge in [0.15, 0.2) is 0 Å². The third-order valence-corrected chi connectivity index (χ3v) is 5.04. The topological polar surface area (TPSA) is 124 Å². The Kier molecular flexibility index (Phi) is 5.61. The van der Waals surface area contributed by atoms with Crippen LogP contribution in [0.3, 0.4) is 0 Å². The molecule has 130 valence electrons. The Morgan fingerprint density at radius 1 is 1.24 bits per heavy atom. The van der Waals surface area contributed by atoms with Crippen LogP contribution in [0.5, 0.6) is 0 Å². The number of hydrogen-bond donors (Lipinski definition) is 2. The van der Waals surface area contributed by atoms with Crippen molar-refractivity contribution in [2.24, 2.45) is 5.73 Å². The number of fused-ring (bicyclic) bond motifs is 1. The molecule has 3 N–H and O–H groups in total. The predicted molar refractivity (Wildman–Crippen MR) is 94.3 cm³/mol.